The van der Waals surface area contributed by atoms with E-state index < -0.39 is 5.97 Å². The first-order valence-corrected chi connectivity index (χ1v) is 5.32. The molecule has 17 heavy (non-hydrogen) atoms. The van der Waals surface area contributed by atoms with E-state index in [0.717, 1.165) is 5.69 Å². The van der Waals surface area contributed by atoms with E-state index in [1.54, 1.807) is 6.92 Å². The molecule has 0 aliphatic rings. The third kappa shape index (κ3) is 2.04. The van der Waals surface area contributed by atoms with Gasteiger partial charge in [-0.1, -0.05) is 0 Å². The highest BCUT2D eigenvalue weighted by Crippen LogP contribution is 2.21. The zero-order chi connectivity index (χ0) is 12.4. The number of carbonyl (C=O) groups excluding carboxylic acids is 1. The normalized spacial score (nSPS) is 10.5. The highest BCUT2D eigenvalue weighted by atomic mass is 16.5. The van der Waals surface area contributed by atoms with Crippen molar-refractivity contribution in [2.75, 3.05) is 12.3 Å². The van der Waals surface area contributed by atoms with Crippen molar-refractivity contribution in [2.24, 2.45) is 0 Å². The molecule has 0 saturated carbocycles. The van der Waals surface area contributed by atoms with Gasteiger partial charge in [-0.3, -0.25) is 0 Å². The van der Waals surface area contributed by atoms with E-state index in [1.807, 2.05) is 19.1 Å². The van der Waals surface area contributed by atoms with Crippen LogP contribution < -0.4 is 5.73 Å². The summed E-state index contributed by atoms with van der Waals surface area (Å²) >= 11 is 0. The fraction of sp³-hybridized carbons (Fsp3) is 0.250. The third-order valence-corrected chi connectivity index (χ3v) is 2.40. The maximum atomic E-state index is 11.7. The van der Waals surface area contributed by atoms with Crippen LogP contribution in [0, 0.1) is 6.92 Å². The summed E-state index contributed by atoms with van der Waals surface area (Å²) in [5.41, 5.74) is 7.50. The predicted molar refractivity (Wildman–Crippen MR) is 64.6 cm³/mol. The Morgan fingerprint density at radius 2 is 2.24 bits per heavy atom. The van der Waals surface area contributed by atoms with Gasteiger partial charge in [0.2, 0.25) is 0 Å². The molecule has 0 spiro atoms. The van der Waals surface area contributed by atoms with Crippen LogP contribution in [0.3, 0.4) is 0 Å². The van der Waals surface area contributed by atoms with Gasteiger partial charge >= 0.3 is 5.97 Å². The standard InChI is InChI=1S/C12H13N3O2/c1-3-17-12(16)9-6-14-11(13)10-8(9)5-4-7(2)15-10/h4-6H,3H2,1-2H3,(H2,13,14). The van der Waals surface area contributed by atoms with Crippen molar-refractivity contribution >= 4 is 22.7 Å². The largest absolute Gasteiger partial charge is 0.462 e. The van der Waals surface area contributed by atoms with Gasteiger partial charge in [-0.15, -0.1) is 0 Å². The van der Waals surface area contributed by atoms with E-state index in [9.17, 15) is 4.79 Å². The summed E-state index contributed by atoms with van der Waals surface area (Å²) in [6.07, 6.45) is 1.42. The van der Waals surface area contributed by atoms with Gasteiger partial charge in [0.25, 0.3) is 0 Å². The number of hydrogen-bond acceptors (Lipinski definition) is 5. The van der Waals surface area contributed by atoms with E-state index in [0.29, 0.717) is 28.9 Å². The van der Waals surface area contributed by atoms with Gasteiger partial charge in [0.1, 0.15) is 11.3 Å². The molecule has 2 aromatic rings. The van der Waals surface area contributed by atoms with Gasteiger partial charge in [0.05, 0.1) is 12.2 Å². The Bertz CT molecular complexity index is 581. The average Bonchev–Trinajstić information content (AvgIpc) is 2.30. The summed E-state index contributed by atoms with van der Waals surface area (Å²) in [5, 5.41) is 0.668. The Labute approximate surface area is 98.6 Å². The minimum Gasteiger partial charge on any atom is -0.462 e. The van der Waals surface area contributed by atoms with Gasteiger partial charge in [-0.2, -0.15) is 0 Å². The van der Waals surface area contributed by atoms with Crippen LogP contribution in [0.1, 0.15) is 23.0 Å². The van der Waals surface area contributed by atoms with Crippen LogP contribution >= 0.6 is 0 Å². The highest BCUT2D eigenvalue weighted by Gasteiger charge is 2.14. The fourth-order valence-electron chi connectivity index (χ4n) is 1.61. The predicted octanol–water partition coefficient (Wildman–Crippen LogP) is 1.70. The molecule has 0 aromatic carbocycles. The Kier molecular flexibility index (Phi) is 2.91. The number of hydrogen-bond donors (Lipinski definition) is 1. The fourth-order valence-corrected chi connectivity index (χ4v) is 1.61. The van der Waals surface area contributed by atoms with Crippen molar-refractivity contribution < 1.29 is 9.53 Å². The second-order valence-electron chi connectivity index (χ2n) is 3.63. The Balaban J connectivity index is 2.66. The molecule has 0 fully saturated rings. The quantitative estimate of drug-likeness (QED) is 0.796. The Morgan fingerprint density at radius 1 is 1.47 bits per heavy atom. The molecule has 0 amide bonds. The van der Waals surface area contributed by atoms with Gasteiger partial charge < -0.3 is 10.5 Å². The monoisotopic (exact) mass is 231 g/mol. The molecule has 0 aliphatic carbocycles. The van der Waals surface area contributed by atoms with E-state index in [-0.39, 0.29) is 0 Å². The number of nitrogens with zero attached hydrogens (tertiary/aromatic N) is 2. The van der Waals surface area contributed by atoms with Crippen molar-refractivity contribution in [1.82, 2.24) is 9.97 Å². The minimum absolute atomic E-state index is 0.316. The SMILES string of the molecule is CCOC(=O)c1cnc(N)c2nc(C)ccc12. The van der Waals surface area contributed by atoms with Crippen LogP contribution in [0.15, 0.2) is 18.3 Å². The molecule has 0 radical (unpaired) electrons. The second kappa shape index (κ2) is 4.37. The number of esters is 1. The molecular formula is C12H13N3O2. The molecule has 5 nitrogen and oxygen atoms in total. The number of nitrogen functional groups attached to an aromatic ring is 1. The lowest BCUT2D eigenvalue weighted by Crippen LogP contribution is -2.07. The van der Waals surface area contributed by atoms with Crippen LogP contribution in [0.5, 0.6) is 0 Å². The zero-order valence-corrected chi connectivity index (χ0v) is 9.73. The molecule has 2 rings (SSSR count). The number of nitrogens with two attached hydrogens (primary N) is 1. The molecule has 5 heteroatoms. The van der Waals surface area contributed by atoms with Crippen LogP contribution in [0.4, 0.5) is 5.82 Å². The van der Waals surface area contributed by atoms with Gasteiger partial charge in [-0.05, 0) is 26.0 Å². The molecule has 0 unspecified atom stereocenters. The van der Waals surface area contributed by atoms with Crippen LogP contribution in [0.2, 0.25) is 0 Å². The first kappa shape index (κ1) is 11.3. The summed E-state index contributed by atoms with van der Waals surface area (Å²) in [6.45, 7) is 3.94. The zero-order valence-electron chi connectivity index (χ0n) is 9.73. The van der Waals surface area contributed by atoms with Gasteiger partial charge in [0.15, 0.2) is 0 Å². The lowest BCUT2D eigenvalue weighted by molar-refractivity contribution is 0.0528. The number of pyridine rings is 2. The smallest absolute Gasteiger partial charge is 0.340 e. The number of fused-ring (bicyclic) bond motifs is 1. The molecule has 0 aliphatic heterocycles. The topological polar surface area (TPSA) is 78.1 Å². The third-order valence-electron chi connectivity index (χ3n) is 2.40. The average molecular weight is 231 g/mol. The number of aryl methyl sites for hydroxylation is 1. The van der Waals surface area contributed by atoms with Crippen molar-refractivity contribution in [3.63, 3.8) is 0 Å². The molecule has 0 bridgehead atoms. The number of carbonyl (C=O) groups is 1. The van der Waals surface area contributed by atoms with E-state index in [1.165, 1.54) is 6.20 Å². The maximum Gasteiger partial charge on any atom is 0.340 e. The number of aromatic nitrogens is 2. The summed E-state index contributed by atoms with van der Waals surface area (Å²) < 4.78 is 4.96. The maximum absolute atomic E-state index is 11.7. The van der Waals surface area contributed by atoms with Crippen molar-refractivity contribution in [3.05, 3.63) is 29.6 Å². The minimum atomic E-state index is -0.407. The van der Waals surface area contributed by atoms with Crippen molar-refractivity contribution in [3.8, 4) is 0 Å². The van der Waals surface area contributed by atoms with Crippen molar-refractivity contribution in [2.45, 2.75) is 13.8 Å². The molecule has 88 valence electrons. The van der Waals surface area contributed by atoms with E-state index >= 15 is 0 Å². The number of anilines is 1. The number of rotatable bonds is 2. The molecular weight excluding hydrogens is 218 g/mol. The first-order chi connectivity index (χ1) is 8.13. The highest BCUT2D eigenvalue weighted by molar-refractivity contribution is 6.05. The molecule has 2 N–H and O–H groups in total. The summed E-state index contributed by atoms with van der Waals surface area (Å²) in [4.78, 5) is 20.0. The lowest BCUT2D eigenvalue weighted by atomic mass is 10.1. The molecule has 0 atom stereocenters. The summed E-state index contributed by atoms with van der Waals surface area (Å²) in [5.74, 6) is -0.0904. The summed E-state index contributed by atoms with van der Waals surface area (Å²) in [7, 11) is 0. The second-order valence-corrected chi connectivity index (χ2v) is 3.63. The van der Waals surface area contributed by atoms with Gasteiger partial charge in [-0.25, -0.2) is 14.8 Å². The van der Waals surface area contributed by atoms with Crippen LogP contribution in [0.25, 0.3) is 10.9 Å². The number of ether oxygens (including phenoxy) is 1. The molecule has 0 saturated heterocycles. The first-order valence-electron chi connectivity index (χ1n) is 5.32. The summed E-state index contributed by atoms with van der Waals surface area (Å²) in [6, 6.07) is 3.63. The Hall–Kier alpha value is -2.17. The van der Waals surface area contributed by atoms with Crippen LogP contribution in [-0.2, 0) is 4.74 Å². The van der Waals surface area contributed by atoms with Crippen molar-refractivity contribution in [1.29, 1.82) is 0 Å². The Morgan fingerprint density at radius 3 is 2.94 bits per heavy atom. The van der Waals surface area contributed by atoms with Gasteiger partial charge in [0, 0.05) is 17.3 Å². The van der Waals surface area contributed by atoms with E-state index in [4.69, 9.17) is 10.5 Å². The van der Waals surface area contributed by atoms with Crippen LogP contribution in [-0.4, -0.2) is 22.5 Å². The molecule has 2 aromatic heterocycles. The van der Waals surface area contributed by atoms with E-state index in [2.05, 4.69) is 9.97 Å². The lowest BCUT2D eigenvalue weighted by Gasteiger charge is -2.07. The molecule has 2 heterocycles.